The molecule has 0 heterocycles. The molecule has 0 aliphatic heterocycles. The van der Waals surface area contributed by atoms with Gasteiger partial charge in [0.1, 0.15) is 17.5 Å². The molecule has 112 valence electrons. The molecule has 0 radical (unpaired) electrons. The number of nitrogens with two attached hydrogens (primary N) is 1. The van der Waals surface area contributed by atoms with Crippen LogP contribution in [0.2, 0.25) is 5.02 Å². The van der Waals surface area contributed by atoms with E-state index in [0.717, 1.165) is 12.1 Å². The maximum atomic E-state index is 13.8. The van der Waals surface area contributed by atoms with Crippen molar-refractivity contribution >= 4 is 11.6 Å². The van der Waals surface area contributed by atoms with Crippen LogP contribution in [0.5, 0.6) is 0 Å². The van der Waals surface area contributed by atoms with Gasteiger partial charge in [-0.3, -0.25) is 0 Å². The van der Waals surface area contributed by atoms with Gasteiger partial charge in [-0.2, -0.15) is 0 Å². The molecule has 0 aromatic heterocycles. The van der Waals surface area contributed by atoms with Gasteiger partial charge in [0.15, 0.2) is 0 Å². The van der Waals surface area contributed by atoms with Gasteiger partial charge in [0.05, 0.1) is 11.1 Å². The SMILES string of the molecule is NCC(c1ccc(F)cc1F)C(O)c1ccc(Cl)c(F)c1. The summed E-state index contributed by atoms with van der Waals surface area (Å²) >= 11 is 5.58. The van der Waals surface area contributed by atoms with E-state index < -0.39 is 29.5 Å². The third-order valence-electron chi connectivity index (χ3n) is 3.28. The Labute approximate surface area is 125 Å². The van der Waals surface area contributed by atoms with Crippen LogP contribution in [0.1, 0.15) is 23.1 Å². The summed E-state index contributed by atoms with van der Waals surface area (Å²) in [4.78, 5) is 0. The molecule has 6 heteroatoms. The summed E-state index contributed by atoms with van der Waals surface area (Å²) in [6, 6.07) is 6.81. The van der Waals surface area contributed by atoms with Crippen LogP contribution >= 0.6 is 11.6 Å². The first kappa shape index (κ1) is 15.8. The molecular formula is C15H13ClF3NO. The maximum absolute atomic E-state index is 13.8. The predicted molar refractivity (Wildman–Crippen MR) is 74.5 cm³/mol. The minimum atomic E-state index is -1.23. The van der Waals surface area contributed by atoms with Gasteiger partial charge in [-0.1, -0.05) is 23.7 Å². The Bertz CT molecular complexity index is 651. The molecule has 2 unspecified atom stereocenters. The number of rotatable bonds is 4. The predicted octanol–water partition coefficient (Wildman–Crippen LogP) is 3.53. The largest absolute Gasteiger partial charge is 0.388 e. The van der Waals surface area contributed by atoms with Gasteiger partial charge >= 0.3 is 0 Å². The number of benzene rings is 2. The Morgan fingerprint density at radius 2 is 1.76 bits per heavy atom. The zero-order valence-corrected chi connectivity index (χ0v) is 11.6. The van der Waals surface area contributed by atoms with Gasteiger partial charge in [-0.25, -0.2) is 13.2 Å². The van der Waals surface area contributed by atoms with Crippen molar-refractivity contribution in [1.82, 2.24) is 0 Å². The second-order valence-electron chi connectivity index (χ2n) is 4.63. The topological polar surface area (TPSA) is 46.2 Å². The lowest BCUT2D eigenvalue weighted by Crippen LogP contribution is -2.21. The van der Waals surface area contributed by atoms with E-state index in [1.807, 2.05) is 0 Å². The molecule has 0 saturated carbocycles. The molecule has 0 spiro atoms. The van der Waals surface area contributed by atoms with Crippen molar-refractivity contribution < 1.29 is 18.3 Å². The first-order chi connectivity index (χ1) is 9.93. The molecule has 2 rings (SSSR count). The van der Waals surface area contributed by atoms with Crippen LogP contribution in [0.15, 0.2) is 36.4 Å². The Balaban J connectivity index is 2.37. The van der Waals surface area contributed by atoms with E-state index in [1.165, 1.54) is 18.2 Å². The van der Waals surface area contributed by atoms with Crippen LogP contribution in [0.25, 0.3) is 0 Å². The van der Waals surface area contributed by atoms with Crippen LogP contribution < -0.4 is 5.73 Å². The van der Waals surface area contributed by atoms with E-state index in [2.05, 4.69) is 0 Å². The third-order valence-corrected chi connectivity index (χ3v) is 3.59. The number of halogens is 4. The normalized spacial score (nSPS) is 14.0. The average Bonchev–Trinajstić information content (AvgIpc) is 2.44. The smallest absolute Gasteiger partial charge is 0.142 e. The molecule has 0 aliphatic carbocycles. The molecule has 2 nitrogen and oxygen atoms in total. The lowest BCUT2D eigenvalue weighted by molar-refractivity contribution is 0.145. The van der Waals surface area contributed by atoms with E-state index in [4.69, 9.17) is 17.3 Å². The fourth-order valence-corrected chi connectivity index (χ4v) is 2.27. The van der Waals surface area contributed by atoms with Crippen molar-refractivity contribution in [2.75, 3.05) is 6.54 Å². The molecule has 3 N–H and O–H groups in total. The standard InChI is InChI=1S/C15H13ClF3NO/c16-12-4-1-8(5-14(12)19)15(21)11(7-20)10-3-2-9(17)6-13(10)18/h1-6,11,15,21H,7,20H2. The summed E-state index contributed by atoms with van der Waals surface area (Å²) in [5.41, 5.74) is 5.87. The van der Waals surface area contributed by atoms with E-state index in [-0.39, 0.29) is 22.7 Å². The van der Waals surface area contributed by atoms with E-state index >= 15 is 0 Å². The van der Waals surface area contributed by atoms with Crippen molar-refractivity contribution in [2.24, 2.45) is 5.73 Å². The molecule has 0 fully saturated rings. The summed E-state index contributed by atoms with van der Waals surface area (Å²) < 4.78 is 40.2. The summed E-state index contributed by atoms with van der Waals surface area (Å²) in [7, 11) is 0. The number of hydrogen-bond donors (Lipinski definition) is 2. The Kier molecular flexibility index (Phi) is 4.88. The summed E-state index contributed by atoms with van der Waals surface area (Å²) in [5, 5.41) is 10.2. The second kappa shape index (κ2) is 6.47. The van der Waals surface area contributed by atoms with Crippen molar-refractivity contribution in [3.63, 3.8) is 0 Å². The average molecular weight is 316 g/mol. The number of aliphatic hydroxyl groups excluding tert-OH is 1. The maximum Gasteiger partial charge on any atom is 0.142 e. The fourth-order valence-electron chi connectivity index (χ4n) is 2.16. The monoisotopic (exact) mass is 315 g/mol. The first-order valence-corrected chi connectivity index (χ1v) is 6.60. The van der Waals surface area contributed by atoms with Crippen molar-refractivity contribution in [2.45, 2.75) is 12.0 Å². The third kappa shape index (κ3) is 3.37. The molecule has 21 heavy (non-hydrogen) atoms. The van der Waals surface area contributed by atoms with Crippen LogP contribution in [0.3, 0.4) is 0 Å². The summed E-state index contributed by atoms with van der Waals surface area (Å²) in [5.74, 6) is -3.05. The minimum Gasteiger partial charge on any atom is -0.388 e. The van der Waals surface area contributed by atoms with Crippen LogP contribution in [-0.4, -0.2) is 11.7 Å². The Hall–Kier alpha value is -1.56. The molecule has 2 atom stereocenters. The lowest BCUT2D eigenvalue weighted by Gasteiger charge is -2.23. The van der Waals surface area contributed by atoms with Gasteiger partial charge in [0, 0.05) is 18.5 Å². The van der Waals surface area contributed by atoms with E-state index in [1.54, 1.807) is 0 Å². The zero-order chi connectivity index (χ0) is 15.6. The number of hydrogen-bond acceptors (Lipinski definition) is 2. The summed E-state index contributed by atoms with van der Waals surface area (Å²) in [6.07, 6.45) is -1.23. The highest BCUT2D eigenvalue weighted by molar-refractivity contribution is 6.30. The molecule has 2 aromatic carbocycles. The minimum absolute atomic E-state index is 0.0711. The van der Waals surface area contributed by atoms with Crippen molar-refractivity contribution in [1.29, 1.82) is 0 Å². The molecule has 0 bridgehead atoms. The van der Waals surface area contributed by atoms with Crippen LogP contribution in [0.4, 0.5) is 13.2 Å². The molecule has 0 amide bonds. The quantitative estimate of drug-likeness (QED) is 0.906. The fraction of sp³-hybridized carbons (Fsp3) is 0.200. The molecule has 2 aromatic rings. The van der Waals surface area contributed by atoms with Crippen molar-refractivity contribution in [3.05, 3.63) is 70.0 Å². The van der Waals surface area contributed by atoms with Gasteiger partial charge < -0.3 is 10.8 Å². The molecule has 0 aliphatic rings. The Morgan fingerprint density at radius 1 is 1.05 bits per heavy atom. The Morgan fingerprint density at radius 3 is 2.33 bits per heavy atom. The van der Waals surface area contributed by atoms with Crippen LogP contribution in [-0.2, 0) is 0 Å². The number of aliphatic hydroxyl groups is 1. The lowest BCUT2D eigenvalue weighted by atomic mass is 9.89. The van der Waals surface area contributed by atoms with E-state index in [0.29, 0.717) is 6.07 Å². The summed E-state index contributed by atoms with van der Waals surface area (Å²) in [6.45, 7) is -0.0893. The van der Waals surface area contributed by atoms with Gasteiger partial charge in [-0.05, 0) is 29.3 Å². The molecular weight excluding hydrogens is 303 g/mol. The molecule has 0 saturated heterocycles. The first-order valence-electron chi connectivity index (χ1n) is 6.22. The highest BCUT2D eigenvalue weighted by atomic mass is 35.5. The van der Waals surface area contributed by atoms with Gasteiger partial charge in [-0.15, -0.1) is 0 Å². The second-order valence-corrected chi connectivity index (χ2v) is 5.03. The zero-order valence-electron chi connectivity index (χ0n) is 10.9. The highest BCUT2D eigenvalue weighted by Crippen LogP contribution is 2.33. The van der Waals surface area contributed by atoms with E-state index in [9.17, 15) is 18.3 Å². The van der Waals surface area contributed by atoms with Crippen LogP contribution in [0, 0.1) is 17.5 Å². The highest BCUT2D eigenvalue weighted by Gasteiger charge is 2.25. The van der Waals surface area contributed by atoms with Gasteiger partial charge in [0.2, 0.25) is 0 Å². The van der Waals surface area contributed by atoms with Crippen molar-refractivity contribution in [3.8, 4) is 0 Å². The van der Waals surface area contributed by atoms with Gasteiger partial charge in [0.25, 0.3) is 0 Å².